The minimum atomic E-state index is 0.0236. The van der Waals surface area contributed by atoms with Crippen LogP contribution in [0.25, 0.3) is 60.7 Å². The number of nitrogens with zero attached hydrogens (tertiary/aromatic N) is 3. The quantitative estimate of drug-likeness (QED) is 0.243. The number of pyridine rings is 1. The van der Waals surface area contributed by atoms with E-state index in [0.717, 1.165) is 49.7 Å². The standard InChI is InChI=1S/C34H25N3O/c1-34(2,3)22-15-17-30-27(19-22)23-9-4-5-13-29(23)37(30)31-21(20-35)14-16-25-24-10-8-11-26(32(24)38-33(25)31)28-12-6-7-18-36-28/h4-19H,1-3H3. The lowest BCUT2D eigenvalue weighted by atomic mass is 9.86. The molecule has 3 heterocycles. The second kappa shape index (κ2) is 8.06. The van der Waals surface area contributed by atoms with E-state index in [4.69, 9.17) is 4.42 Å². The van der Waals surface area contributed by atoms with Gasteiger partial charge in [-0.3, -0.25) is 4.98 Å². The molecule has 0 saturated carbocycles. The van der Waals surface area contributed by atoms with Gasteiger partial charge in [0.25, 0.3) is 0 Å². The molecule has 0 fully saturated rings. The summed E-state index contributed by atoms with van der Waals surface area (Å²) in [5.41, 5.74) is 7.98. The average molecular weight is 492 g/mol. The van der Waals surface area contributed by atoms with Crippen molar-refractivity contribution in [1.82, 2.24) is 9.55 Å². The van der Waals surface area contributed by atoms with Gasteiger partial charge in [0.05, 0.1) is 22.3 Å². The summed E-state index contributed by atoms with van der Waals surface area (Å²) < 4.78 is 8.89. The van der Waals surface area contributed by atoms with E-state index in [9.17, 15) is 5.26 Å². The fourth-order valence-electron chi connectivity index (χ4n) is 5.56. The largest absolute Gasteiger partial charge is 0.453 e. The van der Waals surface area contributed by atoms with Crippen molar-refractivity contribution in [2.24, 2.45) is 0 Å². The first-order chi connectivity index (χ1) is 18.5. The first kappa shape index (κ1) is 22.3. The van der Waals surface area contributed by atoms with Gasteiger partial charge in [0, 0.05) is 33.3 Å². The number of benzene rings is 4. The van der Waals surface area contributed by atoms with Gasteiger partial charge in [-0.15, -0.1) is 0 Å². The van der Waals surface area contributed by atoms with Crippen LogP contribution in [0.15, 0.2) is 102 Å². The Morgan fingerprint density at radius 3 is 2.29 bits per heavy atom. The number of nitriles is 1. The zero-order valence-electron chi connectivity index (χ0n) is 21.5. The van der Waals surface area contributed by atoms with E-state index in [2.05, 4.69) is 78.9 Å². The van der Waals surface area contributed by atoms with Crippen molar-refractivity contribution in [3.05, 3.63) is 108 Å². The van der Waals surface area contributed by atoms with Gasteiger partial charge >= 0.3 is 0 Å². The highest BCUT2D eigenvalue weighted by Crippen LogP contribution is 2.42. The second-order valence-electron chi connectivity index (χ2n) is 10.8. The Morgan fingerprint density at radius 1 is 0.737 bits per heavy atom. The number of furan rings is 1. The van der Waals surface area contributed by atoms with Gasteiger partial charge in [0.15, 0.2) is 5.58 Å². The molecular weight excluding hydrogens is 466 g/mol. The van der Waals surface area contributed by atoms with Crippen LogP contribution in [0.4, 0.5) is 0 Å². The van der Waals surface area contributed by atoms with Gasteiger partial charge in [-0.2, -0.15) is 5.26 Å². The van der Waals surface area contributed by atoms with Crippen LogP contribution in [0, 0.1) is 11.3 Å². The van der Waals surface area contributed by atoms with Crippen molar-refractivity contribution in [2.75, 3.05) is 0 Å². The zero-order chi connectivity index (χ0) is 26.0. The molecule has 0 amide bonds. The lowest BCUT2D eigenvalue weighted by Gasteiger charge is -2.19. The highest BCUT2D eigenvalue weighted by molar-refractivity contribution is 6.15. The van der Waals surface area contributed by atoms with Crippen LogP contribution in [-0.4, -0.2) is 9.55 Å². The first-order valence-corrected chi connectivity index (χ1v) is 12.8. The number of fused-ring (bicyclic) bond motifs is 6. The summed E-state index contributed by atoms with van der Waals surface area (Å²) in [6.45, 7) is 6.69. The van der Waals surface area contributed by atoms with Crippen molar-refractivity contribution >= 4 is 43.7 Å². The van der Waals surface area contributed by atoms with Crippen molar-refractivity contribution in [1.29, 1.82) is 5.26 Å². The maximum absolute atomic E-state index is 10.3. The Labute approximate surface area is 220 Å². The van der Waals surface area contributed by atoms with E-state index in [1.165, 1.54) is 10.9 Å². The first-order valence-electron chi connectivity index (χ1n) is 12.8. The number of para-hydroxylation sites is 2. The molecule has 0 atom stereocenters. The molecule has 0 N–H and O–H groups in total. The lowest BCUT2D eigenvalue weighted by molar-refractivity contribution is 0.591. The van der Waals surface area contributed by atoms with Crippen molar-refractivity contribution < 1.29 is 4.42 Å². The number of hydrogen-bond donors (Lipinski definition) is 0. The van der Waals surface area contributed by atoms with E-state index < -0.39 is 0 Å². The van der Waals surface area contributed by atoms with Crippen molar-refractivity contribution in [3.8, 4) is 23.0 Å². The molecule has 0 aliphatic rings. The molecule has 0 spiro atoms. The SMILES string of the molecule is CC(C)(C)c1ccc2c(c1)c1ccccc1n2-c1c(C#N)ccc2c1oc1c(-c3ccccn3)cccc12. The Bertz CT molecular complexity index is 2070. The second-order valence-corrected chi connectivity index (χ2v) is 10.8. The van der Waals surface area contributed by atoms with Crippen molar-refractivity contribution in [2.45, 2.75) is 26.2 Å². The third kappa shape index (κ3) is 3.19. The van der Waals surface area contributed by atoms with Gasteiger partial charge in [-0.05, 0) is 59.5 Å². The summed E-state index contributed by atoms with van der Waals surface area (Å²) in [6.07, 6.45) is 1.79. The average Bonchev–Trinajstić information content (AvgIpc) is 3.48. The van der Waals surface area contributed by atoms with Gasteiger partial charge in [-0.1, -0.05) is 63.2 Å². The summed E-state index contributed by atoms with van der Waals surface area (Å²) in [4.78, 5) is 4.57. The molecule has 4 nitrogen and oxygen atoms in total. The Hall–Kier alpha value is -4.88. The van der Waals surface area contributed by atoms with Crippen LogP contribution in [0.3, 0.4) is 0 Å². The summed E-state index contributed by atoms with van der Waals surface area (Å²) in [6, 6.07) is 33.4. The molecule has 3 aromatic heterocycles. The minimum Gasteiger partial charge on any atom is -0.453 e. The molecule has 0 saturated heterocycles. The Kier molecular flexibility index (Phi) is 4.74. The Balaban J connectivity index is 1.63. The molecule has 4 heteroatoms. The van der Waals surface area contributed by atoms with Crippen molar-refractivity contribution in [3.63, 3.8) is 0 Å². The van der Waals surface area contributed by atoms with E-state index in [1.54, 1.807) is 6.20 Å². The monoisotopic (exact) mass is 491 g/mol. The number of rotatable bonds is 2. The van der Waals surface area contributed by atoms with Crippen LogP contribution < -0.4 is 0 Å². The molecule has 7 aromatic rings. The summed E-state index contributed by atoms with van der Waals surface area (Å²) >= 11 is 0. The zero-order valence-corrected chi connectivity index (χ0v) is 21.5. The molecule has 7 rings (SSSR count). The molecule has 38 heavy (non-hydrogen) atoms. The lowest BCUT2D eigenvalue weighted by Crippen LogP contribution is -2.10. The van der Waals surface area contributed by atoms with Gasteiger partial charge in [-0.25, -0.2) is 0 Å². The molecule has 0 aliphatic heterocycles. The molecule has 4 aromatic carbocycles. The summed E-state index contributed by atoms with van der Waals surface area (Å²) in [5, 5.41) is 14.6. The summed E-state index contributed by atoms with van der Waals surface area (Å²) in [5.74, 6) is 0. The number of hydrogen-bond acceptors (Lipinski definition) is 3. The van der Waals surface area contributed by atoms with Gasteiger partial charge in [0.2, 0.25) is 0 Å². The fraction of sp³-hybridized carbons (Fsp3) is 0.118. The third-order valence-electron chi connectivity index (χ3n) is 7.46. The number of aromatic nitrogens is 2. The van der Waals surface area contributed by atoms with Gasteiger partial charge in [0.1, 0.15) is 17.3 Å². The fourth-order valence-corrected chi connectivity index (χ4v) is 5.56. The molecule has 0 aliphatic carbocycles. The van der Waals surface area contributed by atoms with E-state index >= 15 is 0 Å². The Morgan fingerprint density at radius 2 is 1.50 bits per heavy atom. The smallest absolute Gasteiger partial charge is 0.160 e. The normalized spacial score (nSPS) is 12.1. The predicted molar refractivity (Wildman–Crippen MR) is 155 cm³/mol. The van der Waals surface area contributed by atoms with Gasteiger partial charge < -0.3 is 8.98 Å². The van der Waals surface area contributed by atoms with Crippen LogP contribution in [0.5, 0.6) is 0 Å². The molecular formula is C34H25N3O. The molecule has 182 valence electrons. The minimum absolute atomic E-state index is 0.0236. The van der Waals surface area contributed by atoms with E-state index in [0.29, 0.717) is 11.1 Å². The third-order valence-corrected chi connectivity index (χ3v) is 7.46. The maximum atomic E-state index is 10.3. The predicted octanol–water partition coefficient (Wildman–Crippen LogP) is 8.91. The molecule has 0 bridgehead atoms. The molecule has 0 unspecified atom stereocenters. The highest BCUT2D eigenvalue weighted by Gasteiger charge is 2.23. The van der Waals surface area contributed by atoms with Crippen LogP contribution in [0.1, 0.15) is 31.9 Å². The van der Waals surface area contributed by atoms with E-state index in [-0.39, 0.29) is 5.41 Å². The highest BCUT2D eigenvalue weighted by atomic mass is 16.3. The van der Waals surface area contributed by atoms with E-state index in [1.807, 2.05) is 48.5 Å². The topological polar surface area (TPSA) is 54.8 Å². The maximum Gasteiger partial charge on any atom is 0.160 e. The van der Waals surface area contributed by atoms with Crippen LogP contribution >= 0.6 is 0 Å². The summed E-state index contributed by atoms with van der Waals surface area (Å²) in [7, 11) is 0. The van der Waals surface area contributed by atoms with Crippen LogP contribution in [0.2, 0.25) is 0 Å². The molecule has 0 radical (unpaired) electrons. The van der Waals surface area contributed by atoms with Crippen LogP contribution in [-0.2, 0) is 5.41 Å².